The third-order valence-electron chi connectivity index (χ3n) is 2.56. The van der Waals surface area contributed by atoms with Crippen LogP contribution in [0.1, 0.15) is 12.8 Å². The molecule has 0 aromatic carbocycles. The Morgan fingerprint density at radius 2 is 2.31 bits per heavy atom. The predicted octanol–water partition coefficient (Wildman–Crippen LogP) is 1.74. The second-order valence-corrected chi connectivity index (χ2v) is 4.47. The molecule has 1 aliphatic heterocycles. The number of anilines is 1. The molecule has 1 aromatic heterocycles. The Bertz CT molecular complexity index is 239. The number of hydrogen-bond donors (Lipinski definition) is 1. The molecule has 0 saturated carbocycles. The molecule has 1 aromatic rings. The number of imidazole rings is 1. The van der Waals surface area contributed by atoms with Crippen LogP contribution < -0.4 is 4.90 Å². The van der Waals surface area contributed by atoms with E-state index in [0.717, 1.165) is 24.3 Å². The van der Waals surface area contributed by atoms with Gasteiger partial charge in [0.1, 0.15) is 0 Å². The molecule has 13 heavy (non-hydrogen) atoms. The van der Waals surface area contributed by atoms with Gasteiger partial charge in [0, 0.05) is 30.7 Å². The fourth-order valence-electron chi connectivity index (χ4n) is 1.73. The third-order valence-corrected chi connectivity index (χ3v) is 3.70. The monoisotopic (exact) mass is 197 g/mol. The smallest absolute Gasteiger partial charge is 0.202 e. The van der Waals surface area contributed by atoms with Gasteiger partial charge in [0.15, 0.2) is 0 Å². The first-order valence-electron chi connectivity index (χ1n) is 4.67. The highest BCUT2D eigenvalue weighted by Crippen LogP contribution is 2.22. The lowest BCUT2D eigenvalue weighted by molar-refractivity contribution is 0.583. The molecule has 2 rings (SSSR count). The first-order valence-corrected chi connectivity index (χ1v) is 5.96. The zero-order valence-corrected chi connectivity index (χ0v) is 8.68. The summed E-state index contributed by atoms with van der Waals surface area (Å²) in [5.41, 5.74) is 0. The molecule has 0 bridgehead atoms. The zero-order chi connectivity index (χ0) is 9.10. The minimum absolute atomic E-state index is 0.853. The maximum Gasteiger partial charge on any atom is 0.202 e. The van der Waals surface area contributed by atoms with Crippen molar-refractivity contribution in [3.63, 3.8) is 0 Å². The van der Waals surface area contributed by atoms with E-state index in [9.17, 15) is 0 Å². The standard InChI is InChI=1S/C9H15N3S/c1-13-8-2-6-12(7-3-8)9-10-4-5-11-9/h4-5,8H,2-3,6-7H2,1H3,(H,10,11). The molecule has 0 amide bonds. The number of H-pyrrole nitrogens is 1. The number of nitrogens with one attached hydrogen (secondary N) is 1. The molecule has 0 atom stereocenters. The summed E-state index contributed by atoms with van der Waals surface area (Å²) >= 11 is 1.99. The number of rotatable bonds is 2. The topological polar surface area (TPSA) is 31.9 Å². The van der Waals surface area contributed by atoms with E-state index in [4.69, 9.17) is 0 Å². The maximum atomic E-state index is 4.25. The second kappa shape index (κ2) is 4.05. The zero-order valence-electron chi connectivity index (χ0n) is 7.86. The molecule has 0 aliphatic carbocycles. The summed E-state index contributed by atoms with van der Waals surface area (Å²) in [6.45, 7) is 2.28. The Morgan fingerprint density at radius 1 is 1.54 bits per heavy atom. The summed E-state index contributed by atoms with van der Waals surface area (Å²) in [5, 5.41) is 0.853. The molecule has 1 aliphatic rings. The average Bonchev–Trinajstić information content (AvgIpc) is 2.71. The lowest BCUT2D eigenvalue weighted by Crippen LogP contribution is -2.35. The molecule has 2 heterocycles. The molecule has 1 fully saturated rings. The maximum absolute atomic E-state index is 4.25. The molecule has 4 heteroatoms. The van der Waals surface area contributed by atoms with Crippen molar-refractivity contribution in [3.8, 4) is 0 Å². The Labute approximate surface area is 82.9 Å². The number of nitrogens with zero attached hydrogens (tertiary/aromatic N) is 2. The summed E-state index contributed by atoms with van der Waals surface area (Å²) in [6.07, 6.45) is 8.46. The van der Waals surface area contributed by atoms with Gasteiger partial charge in [-0.2, -0.15) is 11.8 Å². The van der Waals surface area contributed by atoms with Crippen LogP contribution in [0.4, 0.5) is 5.95 Å². The van der Waals surface area contributed by atoms with E-state index >= 15 is 0 Å². The van der Waals surface area contributed by atoms with E-state index in [1.807, 2.05) is 24.2 Å². The van der Waals surface area contributed by atoms with Crippen molar-refractivity contribution in [2.75, 3.05) is 24.2 Å². The lowest BCUT2D eigenvalue weighted by Gasteiger charge is -2.30. The number of thioether (sulfide) groups is 1. The third kappa shape index (κ3) is 1.99. The lowest BCUT2D eigenvalue weighted by atomic mass is 10.1. The average molecular weight is 197 g/mol. The van der Waals surface area contributed by atoms with Crippen molar-refractivity contribution in [2.45, 2.75) is 18.1 Å². The summed E-state index contributed by atoms with van der Waals surface area (Å²) in [6, 6.07) is 0. The van der Waals surface area contributed by atoms with E-state index in [1.54, 1.807) is 0 Å². The Morgan fingerprint density at radius 3 is 2.85 bits per heavy atom. The first-order chi connectivity index (χ1) is 6.40. The van der Waals surface area contributed by atoms with Crippen LogP contribution in [-0.4, -0.2) is 34.6 Å². The molecule has 72 valence electrons. The van der Waals surface area contributed by atoms with Crippen molar-refractivity contribution in [2.24, 2.45) is 0 Å². The van der Waals surface area contributed by atoms with Crippen LogP contribution in [0.3, 0.4) is 0 Å². The minimum Gasteiger partial charge on any atom is -0.342 e. The Hall–Kier alpha value is -0.640. The van der Waals surface area contributed by atoms with Gasteiger partial charge < -0.3 is 9.88 Å². The van der Waals surface area contributed by atoms with Crippen LogP contribution >= 0.6 is 11.8 Å². The molecule has 1 saturated heterocycles. The van der Waals surface area contributed by atoms with Gasteiger partial charge in [-0.25, -0.2) is 4.98 Å². The summed E-state index contributed by atoms with van der Waals surface area (Å²) in [7, 11) is 0. The van der Waals surface area contributed by atoms with Gasteiger partial charge in [0.2, 0.25) is 5.95 Å². The van der Waals surface area contributed by atoms with Crippen LogP contribution in [0, 0.1) is 0 Å². The Kier molecular flexibility index (Phi) is 2.78. The first kappa shape index (κ1) is 8.94. The molecular weight excluding hydrogens is 182 g/mol. The van der Waals surface area contributed by atoms with Gasteiger partial charge in [-0.1, -0.05) is 0 Å². The van der Waals surface area contributed by atoms with E-state index in [-0.39, 0.29) is 0 Å². The predicted molar refractivity (Wildman–Crippen MR) is 57.3 cm³/mol. The summed E-state index contributed by atoms with van der Waals surface area (Å²) in [4.78, 5) is 9.73. The quantitative estimate of drug-likeness (QED) is 0.783. The fraction of sp³-hybridized carbons (Fsp3) is 0.667. The summed E-state index contributed by atoms with van der Waals surface area (Å²) in [5.74, 6) is 1.03. The molecule has 1 N–H and O–H groups in total. The minimum atomic E-state index is 0.853. The van der Waals surface area contributed by atoms with Gasteiger partial charge in [0.05, 0.1) is 0 Å². The number of aromatic amines is 1. The number of aromatic nitrogens is 2. The van der Waals surface area contributed by atoms with E-state index in [0.29, 0.717) is 0 Å². The van der Waals surface area contributed by atoms with Crippen molar-refractivity contribution in [1.29, 1.82) is 0 Å². The molecule has 0 radical (unpaired) electrons. The molecular formula is C9H15N3S. The largest absolute Gasteiger partial charge is 0.342 e. The molecule has 0 unspecified atom stereocenters. The van der Waals surface area contributed by atoms with Crippen molar-refractivity contribution in [3.05, 3.63) is 12.4 Å². The van der Waals surface area contributed by atoms with Crippen LogP contribution in [-0.2, 0) is 0 Å². The van der Waals surface area contributed by atoms with Crippen molar-refractivity contribution < 1.29 is 0 Å². The molecule has 0 spiro atoms. The fourth-order valence-corrected chi connectivity index (χ4v) is 2.42. The normalized spacial score (nSPS) is 19.3. The van der Waals surface area contributed by atoms with E-state index in [1.165, 1.54) is 12.8 Å². The van der Waals surface area contributed by atoms with E-state index < -0.39 is 0 Å². The summed E-state index contributed by atoms with van der Waals surface area (Å²) < 4.78 is 0. The SMILES string of the molecule is CSC1CCN(c2ncc[nH]2)CC1. The van der Waals surface area contributed by atoms with Gasteiger partial charge in [-0.3, -0.25) is 0 Å². The van der Waals surface area contributed by atoms with Crippen LogP contribution in [0.25, 0.3) is 0 Å². The van der Waals surface area contributed by atoms with Crippen LogP contribution in [0.2, 0.25) is 0 Å². The van der Waals surface area contributed by atoms with Crippen molar-refractivity contribution >= 4 is 17.7 Å². The van der Waals surface area contributed by atoms with E-state index in [2.05, 4.69) is 21.1 Å². The van der Waals surface area contributed by atoms with Crippen LogP contribution in [0.5, 0.6) is 0 Å². The van der Waals surface area contributed by atoms with Crippen LogP contribution in [0.15, 0.2) is 12.4 Å². The highest BCUT2D eigenvalue weighted by Gasteiger charge is 2.19. The Balaban J connectivity index is 1.92. The van der Waals surface area contributed by atoms with Crippen molar-refractivity contribution in [1.82, 2.24) is 9.97 Å². The highest BCUT2D eigenvalue weighted by molar-refractivity contribution is 7.99. The number of hydrogen-bond acceptors (Lipinski definition) is 3. The van der Waals surface area contributed by atoms with Gasteiger partial charge in [0.25, 0.3) is 0 Å². The van der Waals surface area contributed by atoms with Gasteiger partial charge in [-0.05, 0) is 19.1 Å². The van der Waals surface area contributed by atoms with Gasteiger partial charge >= 0.3 is 0 Å². The van der Waals surface area contributed by atoms with Gasteiger partial charge in [-0.15, -0.1) is 0 Å². The number of piperidine rings is 1. The second-order valence-electron chi connectivity index (χ2n) is 3.33. The highest BCUT2D eigenvalue weighted by atomic mass is 32.2. The molecule has 3 nitrogen and oxygen atoms in total.